The highest BCUT2D eigenvalue weighted by atomic mass is 16.3. The van der Waals surface area contributed by atoms with Crippen molar-refractivity contribution in [1.82, 2.24) is 24.6 Å². The van der Waals surface area contributed by atoms with E-state index in [9.17, 15) is 9.90 Å². The van der Waals surface area contributed by atoms with Crippen molar-refractivity contribution in [3.8, 4) is 0 Å². The highest BCUT2D eigenvalue weighted by Crippen LogP contribution is 2.26. The number of aromatic nitrogens is 3. The molecule has 2 atom stereocenters. The van der Waals surface area contributed by atoms with Crippen LogP contribution in [0.4, 0.5) is 0 Å². The van der Waals surface area contributed by atoms with E-state index in [4.69, 9.17) is 0 Å². The molecule has 0 bridgehead atoms. The molecule has 1 aromatic rings. The lowest BCUT2D eigenvalue weighted by Gasteiger charge is -2.30. The van der Waals surface area contributed by atoms with Crippen molar-refractivity contribution < 1.29 is 9.90 Å². The number of likely N-dealkylation sites (tertiary alicyclic amines) is 2. The Morgan fingerprint density at radius 1 is 1.17 bits per heavy atom. The lowest BCUT2D eigenvalue weighted by Crippen LogP contribution is -2.37. The van der Waals surface area contributed by atoms with Gasteiger partial charge in [-0.25, -0.2) is 4.98 Å². The molecule has 2 fully saturated rings. The minimum absolute atomic E-state index is 0.153. The molecule has 0 aliphatic carbocycles. The van der Waals surface area contributed by atoms with Gasteiger partial charge in [0.05, 0.1) is 6.54 Å². The summed E-state index contributed by atoms with van der Waals surface area (Å²) in [5.74, 6) is 0.765. The summed E-state index contributed by atoms with van der Waals surface area (Å²) in [6.07, 6.45) is 7.44. The van der Waals surface area contributed by atoms with Crippen LogP contribution in [-0.2, 0) is 11.3 Å². The lowest BCUT2D eigenvalue weighted by molar-refractivity contribution is -0.130. The zero-order valence-corrected chi connectivity index (χ0v) is 13.7. The van der Waals surface area contributed by atoms with Crippen LogP contribution in [0.15, 0.2) is 12.7 Å². The standard InChI is InChI=1S/C16H27N5O2/c22-11-15-10-20(16(23)4-7-21-13-17-12-18-21)9-14(15)8-19-5-2-1-3-6-19/h12-15,22H,1-11H2/t14-,15-/m1/s1. The number of aliphatic hydroxyl groups excluding tert-OH is 1. The summed E-state index contributed by atoms with van der Waals surface area (Å²) >= 11 is 0. The molecule has 7 nitrogen and oxygen atoms in total. The zero-order chi connectivity index (χ0) is 16.1. The van der Waals surface area contributed by atoms with Crippen molar-refractivity contribution in [1.29, 1.82) is 0 Å². The van der Waals surface area contributed by atoms with E-state index in [1.54, 1.807) is 11.0 Å². The fourth-order valence-electron chi connectivity index (χ4n) is 3.75. The van der Waals surface area contributed by atoms with E-state index in [-0.39, 0.29) is 18.4 Å². The zero-order valence-electron chi connectivity index (χ0n) is 13.7. The van der Waals surface area contributed by atoms with E-state index in [0.717, 1.165) is 26.2 Å². The van der Waals surface area contributed by atoms with Gasteiger partial charge in [0.1, 0.15) is 12.7 Å². The first-order valence-electron chi connectivity index (χ1n) is 8.69. The van der Waals surface area contributed by atoms with Gasteiger partial charge in [-0.3, -0.25) is 9.48 Å². The number of carbonyl (C=O) groups excluding carboxylic acids is 1. The lowest BCUT2D eigenvalue weighted by atomic mass is 9.95. The highest BCUT2D eigenvalue weighted by molar-refractivity contribution is 5.76. The Labute approximate surface area is 137 Å². The van der Waals surface area contributed by atoms with Crippen LogP contribution >= 0.6 is 0 Å². The van der Waals surface area contributed by atoms with Gasteiger partial charge in [-0.1, -0.05) is 6.42 Å². The van der Waals surface area contributed by atoms with Crippen molar-refractivity contribution in [2.75, 3.05) is 39.3 Å². The number of aryl methyl sites for hydroxylation is 1. The summed E-state index contributed by atoms with van der Waals surface area (Å²) in [5.41, 5.74) is 0. The Kier molecular flexibility index (Phi) is 5.61. The molecule has 23 heavy (non-hydrogen) atoms. The number of nitrogens with zero attached hydrogens (tertiary/aromatic N) is 5. The van der Waals surface area contributed by atoms with Gasteiger partial charge in [-0.2, -0.15) is 5.10 Å². The van der Waals surface area contributed by atoms with Crippen LogP contribution in [0.25, 0.3) is 0 Å². The second-order valence-electron chi connectivity index (χ2n) is 6.77. The minimum Gasteiger partial charge on any atom is -0.396 e. The minimum atomic E-state index is 0.153. The van der Waals surface area contributed by atoms with Crippen LogP contribution in [0.1, 0.15) is 25.7 Å². The van der Waals surface area contributed by atoms with Gasteiger partial charge in [0, 0.05) is 38.6 Å². The highest BCUT2D eigenvalue weighted by Gasteiger charge is 2.35. The molecule has 2 aliphatic heterocycles. The predicted octanol–water partition coefficient (Wildman–Crippen LogP) is 0.221. The van der Waals surface area contributed by atoms with E-state index in [0.29, 0.717) is 25.4 Å². The monoisotopic (exact) mass is 321 g/mol. The Balaban J connectivity index is 1.49. The summed E-state index contributed by atoms with van der Waals surface area (Å²) in [5, 5.41) is 13.7. The smallest absolute Gasteiger partial charge is 0.224 e. The van der Waals surface area contributed by atoms with Gasteiger partial charge in [-0.15, -0.1) is 0 Å². The number of aliphatic hydroxyl groups is 1. The molecule has 0 saturated carbocycles. The summed E-state index contributed by atoms with van der Waals surface area (Å²) in [7, 11) is 0. The van der Waals surface area contributed by atoms with E-state index in [2.05, 4.69) is 15.0 Å². The maximum atomic E-state index is 12.4. The molecule has 2 aliphatic rings. The van der Waals surface area contributed by atoms with Crippen molar-refractivity contribution in [2.24, 2.45) is 11.8 Å². The molecule has 1 amide bonds. The van der Waals surface area contributed by atoms with E-state index in [1.165, 1.54) is 25.6 Å². The molecule has 0 spiro atoms. The normalized spacial score (nSPS) is 25.9. The summed E-state index contributed by atoms with van der Waals surface area (Å²) in [6, 6.07) is 0. The topological polar surface area (TPSA) is 74.5 Å². The fraction of sp³-hybridized carbons (Fsp3) is 0.812. The van der Waals surface area contributed by atoms with Gasteiger partial charge < -0.3 is 14.9 Å². The van der Waals surface area contributed by atoms with Crippen molar-refractivity contribution in [3.05, 3.63) is 12.7 Å². The molecule has 1 aromatic heterocycles. The van der Waals surface area contributed by atoms with Crippen LogP contribution < -0.4 is 0 Å². The van der Waals surface area contributed by atoms with Crippen molar-refractivity contribution in [3.63, 3.8) is 0 Å². The maximum absolute atomic E-state index is 12.4. The first kappa shape index (κ1) is 16.4. The average Bonchev–Trinajstić information content (AvgIpc) is 3.23. The quantitative estimate of drug-likeness (QED) is 0.811. The molecule has 0 aromatic carbocycles. The summed E-state index contributed by atoms with van der Waals surface area (Å²) in [6.45, 7) is 5.53. The van der Waals surface area contributed by atoms with Crippen LogP contribution in [-0.4, -0.2) is 74.9 Å². The van der Waals surface area contributed by atoms with E-state index < -0.39 is 0 Å². The van der Waals surface area contributed by atoms with Crippen LogP contribution in [0.2, 0.25) is 0 Å². The number of piperidine rings is 1. The Morgan fingerprint density at radius 2 is 1.96 bits per heavy atom. The van der Waals surface area contributed by atoms with Crippen molar-refractivity contribution in [2.45, 2.75) is 32.2 Å². The molecule has 1 N–H and O–H groups in total. The van der Waals surface area contributed by atoms with Gasteiger partial charge in [0.15, 0.2) is 0 Å². The van der Waals surface area contributed by atoms with Gasteiger partial charge in [-0.05, 0) is 31.8 Å². The van der Waals surface area contributed by atoms with Gasteiger partial charge in [0.2, 0.25) is 5.91 Å². The Bertz CT molecular complexity index is 487. The Hall–Kier alpha value is -1.47. The summed E-state index contributed by atoms with van der Waals surface area (Å²) < 4.78 is 1.68. The van der Waals surface area contributed by atoms with Crippen LogP contribution in [0.5, 0.6) is 0 Å². The Morgan fingerprint density at radius 3 is 2.65 bits per heavy atom. The first-order valence-corrected chi connectivity index (χ1v) is 8.69. The molecule has 3 heterocycles. The third kappa shape index (κ3) is 4.29. The molecule has 0 radical (unpaired) electrons. The molecule has 0 unspecified atom stereocenters. The van der Waals surface area contributed by atoms with Crippen LogP contribution in [0.3, 0.4) is 0 Å². The number of rotatable bonds is 6. The van der Waals surface area contributed by atoms with E-state index >= 15 is 0 Å². The second-order valence-corrected chi connectivity index (χ2v) is 6.77. The third-order valence-electron chi connectivity index (χ3n) is 5.13. The van der Waals surface area contributed by atoms with Crippen molar-refractivity contribution >= 4 is 5.91 Å². The molecule has 3 rings (SSSR count). The van der Waals surface area contributed by atoms with Crippen LogP contribution in [0, 0.1) is 11.8 Å². The van der Waals surface area contributed by atoms with E-state index in [1.807, 2.05) is 4.90 Å². The number of amides is 1. The number of hydrogen-bond donors (Lipinski definition) is 1. The third-order valence-corrected chi connectivity index (χ3v) is 5.13. The predicted molar refractivity (Wildman–Crippen MR) is 85.6 cm³/mol. The number of hydrogen-bond acceptors (Lipinski definition) is 5. The molecule has 2 saturated heterocycles. The molecular formula is C16H27N5O2. The first-order chi connectivity index (χ1) is 11.3. The summed E-state index contributed by atoms with van der Waals surface area (Å²) in [4.78, 5) is 20.7. The average molecular weight is 321 g/mol. The SMILES string of the molecule is O=C(CCn1cncn1)N1C[C@@H](CN2CCCCC2)[C@@H](CO)C1. The molecular weight excluding hydrogens is 294 g/mol. The fourth-order valence-corrected chi connectivity index (χ4v) is 3.75. The van der Waals surface area contributed by atoms with Gasteiger partial charge in [0.25, 0.3) is 0 Å². The number of carbonyl (C=O) groups is 1. The maximum Gasteiger partial charge on any atom is 0.224 e. The second kappa shape index (κ2) is 7.88. The molecule has 7 heteroatoms. The molecule has 128 valence electrons. The largest absolute Gasteiger partial charge is 0.396 e. The van der Waals surface area contributed by atoms with Gasteiger partial charge >= 0.3 is 0 Å².